The Morgan fingerprint density at radius 1 is 1.43 bits per heavy atom. The van der Waals surface area contributed by atoms with Gasteiger partial charge in [-0.3, -0.25) is 4.98 Å². The fourth-order valence-corrected chi connectivity index (χ4v) is 1.86. The molecule has 2 atom stereocenters. The molecule has 1 aliphatic rings. The van der Waals surface area contributed by atoms with Crippen LogP contribution >= 0.6 is 0 Å². The van der Waals surface area contributed by atoms with Crippen molar-refractivity contribution in [3.8, 4) is 0 Å². The lowest BCUT2D eigenvalue weighted by Crippen LogP contribution is -2.26. The minimum Gasteiger partial charge on any atom is -0.308 e. The number of pyridine rings is 1. The van der Waals surface area contributed by atoms with Gasteiger partial charge in [0.05, 0.1) is 5.69 Å². The molecule has 0 saturated heterocycles. The predicted octanol–water partition coefficient (Wildman–Crippen LogP) is 2.06. The molecule has 0 radical (unpaired) electrons. The predicted molar refractivity (Wildman–Crippen MR) is 53.6 cm³/mol. The van der Waals surface area contributed by atoms with Crippen molar-refractivity contribution in [2.75, 3.05) is 0 Å². The first-order valence-electron chi connectivity index (χ1n) is 5.12. The van der Waals surface area contributed by atoms with Gasteiger partial charge in [-0.05, 0) is 31.4 Å². The minimum atomic E-state index is -0.601. The summed E-state index contributed by atoms with van der Waals surface area (Å²) in [5, 5.41) is 3.33. The number of hydrogen-bond acceptors (Lipinski definition) is 2. The van der Waals surface area contributed by atoms with Gasteiger partial charge in [0.15, 0.2) is 0 Å². The van der Waals surface area contributed by atoms with Crippen LogP contribution in [0.3, 0.4) is 0 Å². The van der Waals surface area contributed by atoms with Gasteiger partial charge in [0.25, 0.3) is 0 Å². The molecule has 0 spiro atoms. The lowest BCUT2D eigenvalue weighted by atomic mass is 10.2. The van der Waals surface area contributed by atoms with Crippen LogP contribution in [-0.2, 0) is 6.54 Å². The second kappa shape index (κ2) is 4.51. The molecule has 0 unspecified atom stereocenters. The molecule has 1 fully saturated rings. The second-order valence-electron chi connectivity index (χ2n) is 3.81. The number of rotatable bonds is 3. The molecule has 1 N–H and O–H groups in total. The van der Waals surface area contributed by atoms with E-state index in [-0.39, 0.29) is 0 Å². The van der Waals surface area contributed by atoms with Gasteiger partial charge >= 0.3 is 0 Å². The molecule has 0 aliphatic heterocycles. The topological polar surface area (TPSA) is 24.9 Å². The molecular weight excluding hydrogens is 179 g/mol. The highest BCUT2D eigenvalue weighted by molar-refractivity contribution is 5.03. The summed E-state index contributed by atoms with van der Waals surface area (Å²) < 4.78 is 12.8. The van der Waals surface area contributed by atoms with E-state index >= 15 is 0 Å². The minimum absolute atomic E-state index is 0.340. The molecule has 2 nitrogen and oxygen atoms in total. The number of nitrogens with zero attached hydrogens (tertiary/aromatic N) is 1. The maximum absolute atomic E-state index is 12.8. The molecular formula is C11H15FN2. The number of halogens is 1. The maximum atomic E-state index is 12.8. The summed E-state index contributed by atoms with van der Waals surface area (Å²) in [5.74, 6) is 0. The molecule has 1 aliphatic carbocycles. The van der Waals surface area contributed by atoms with E-state index in [1.165, 1.54) is 0 Å². The van der Waals surface area contributed by atoms with E-state index in [0.717, 1.165) is 18.7 Å². The standard InChI is InChI=1S/C11H15FN2/c12-9-4-5-10(7-9)14-8-11-3-1-2-6-13-11/h1-3,6,9-10,14H,4-5,7-8H2/t9-,10-/m0/s1. The monoisotopic (exact) mass is 194 g/mol. The van der Waals surface area contributed by atoms with E-state index in [1.807, 2.05) is 18.2 Å². The Labute approximate surface area is 83.6 Å². The number of alkyl halides is 1. The second-order valence-corrected chi connectivity index (χ2v) is 3.81. The SMILES string of the molecule is F[C@H]1CC[C@H](NCc2ccccn2)C1. The third-order valence-electron chi connectivity index (χ3n) is 2.67. The highest BCUT2D eigenvalue weighted by Gasteiger charge is 2.23. The first-order chi connectivity index (χ1) is 6.84. The Balaban J connectivity index is 1.78. The Hall–Kier alpha value is -0.960. The first kappa shape index (κ1) is 9.59. The zero-order valence-corrected chi connectivity index (χ0v) is 8.12. The molecule has 1 aromatic rings. The quantitative estimate of drug-likeness (QED) is 0.796. The number of nitrogens with one attached hydrogen (secondary N) is 1. The van der Waals surface area contributed by atoms with Gasteiger partial charge in [-0.2, -0.15) is 0 Å². The average molecular weight is 194 g/mol. The molecule has 76 valence electrons. The van der Waals surface area contributed by atoms with Crippen molar-refractivity contribution in [2.24, 2.45) is 0 Å². The molecule has 14 heavy (non-hydrogen) atoms. The zero-order chi connectivity index (χ0) is 9.80. The Bertz CT molecular complexity index is 276. The van der Waals surface area contributed by atoms with Crippen molar-refractivity contribution in [1.82, 2.24) is 10.3 Å². The van der Waals surface area contributed by atoms with Crippen molar-refractivity contribution in [2.45, 2.75) is 38.0 Å². The normalized spacial score (nSPS) is 26.6. The lowest BCUT2D eigenvalue weighted by Gasteiger charge is -2.10. The van der Waals surface area contributed by atoms with Crippen LogP contribution in [0.5, 0.6) is 0 Å². The summed E-state index contributed by atoms with van der Waals surface area (Å²) in [4.78, 5) is 4.20. The summed E-state index contributed by atoms with van der Waals surface area (Å²) in [7, 11) is 0. The first-order valence-corrected chi connectivity index (χ1v) is 5.12. The number of hydrogen-bond donors (Lipinski definition) is 1. The highest BCUT2D eigenvalue weighted by atomic mass is 19.1. The van der Waals surface area contributed by atoms with E-state index in [9.17, 15) is 4.39 Å². The Morgan fingerprint density at radius 2 is 2.36 bits per heavy atom. The van der Waals surface area contributed by atoms with Gasteiger partial charge in [0, 0.05) is 18.8 Å². The molecule has 0 aromatic carbocycles. The average Bonchev–Trinajstić information content (AvgIpc) is 2.63. The van der Waals surface area contributed by atoms with Crippen molar-refractivity contribution in [3.05, 3.63) is 30.1 Å². The van der Waals surface area contributed by atoms with Gasteiger partial charge < -0.3 is 5.32 Å². The van der Waals surface area contributed by atoms with Crippen molar-refractivity contribution in [1.29, 1.82) is 0 Å². The van der Waals surface area contributed by atoms with Gasteiger partial charge in [0.2, 0.25) is 0 Å². The molecule has 2 rings (SSSR count). The number of aromatic nitrogens is 1. The van der Waals surface area contributed by atoms with E-state index in [4.69, 9.17) is 0 Å². The van der Waals surface area contributed by atoms with Crippen LogP contribution in [-0.4, -0.2) is 17.2 Å². The third-order valence-corrected chi connectivity index (χ3v) is 2.67. The molecule has 3 heteroatoms. The van der Waals surface area contributed by atoms with Crippen LogP contribution in [0, 0.1) is 0 Å². The summed E-state index contributed by atoms with van der Waals surface area (Å²) in [6, 6.07) is 6.19. The third kappa shape index (κ3) is 2.51. The van der Waals surface area contributed by atoms with Crippen molar-refractivity contribution < 1.29 is 4.39 Å². The van der Waals surface area contributed by atoms with Crippen LogP contribution in [0.4, 0.5) is 4.39 Å². The van der Waals surface area contributed by atoms with Gasteiger partial charge in [0.1, 0.15) is 6.17 Å². The Morgan fingerprint density at radius 3 is 3.00 bits per heavy atom. The van der Waals surface area contributed by atoms with E-state index < -0.39 is 6.17 Å². The van der Waals surface area contributed by atoms with Crippen molar-refractivity contribution >= 4 is 0 Å². The summed E-state index contributed by atoms with van der Waals surface area (Å²) in [6.45, 7) is 0.748. The van der Waals surface area contributed by atoms with E-state index in [1.54, 1.807) is 6.20 Å². The van der Waals surface area contributed by atoms with Gasteiger partial charge in [-0.1, -0.05) is 6.07 Å². The van der Waals surface area contributed by atoms with Crippen LogP contribution in [0.1, 0.15) is 25.0 Å². The van der Waals surface area contributed by atoms with Gasteiger partial charge in [-0.15, -0.1) is 0 Å². The zero-order valence-electron chi connectivity index (χ0n) is 8.12. The fourth-order valence-electron chi connectivity index (χ4n) is 1.86. The molecule has 1 aromatic heterocycles. The molecule has 0 bridgehead atoms. The molecule has 1 heterocycles. The van der Waals surface area contributed by atoms with Crippen LogP contribution in [0.25, 0.3) is 0 Å². The maximum Gasteiger partial charge on any atom is 0.102 e. The Kier molecular flexibility index (Phi) is 3.09. The fraction of sp³-hybridized carbons (Fsp3) is 0.545. The lowest BCUT2D eigenvalue weighted by molar-refractivity contribution is 0.333. The van der Waals surface area contributed by atoms with Gasteiger partial charge in [-0.25, -0.2) is 4.39 Å². The molecule has 1 saturated carbocycles. The van der Waals surface area contributed by atoms with E-state index in [2.05, 4.69) is 10.3 Å². The van der Waals surface area contributed by atoms with Crippen LogP contribution in [0.2, 0.25) is 0 Å². The molecule has 0 amide bonds. The van der Waals surface area contributed by atoms with Crippen molar-refractivity contribution in [3.63, 3.8) is 0 Å². The van der Waals surface area contributed by atoms with E-state index in [0.29, 0.717) is 18.9 Å². The highest BCUT2D eigenvalue weighted by Crippen LogP contribution is 2.21. The van der Waals surface area contributed by atoms with Crippen LogP contribution < -0.4 is 5.32 Å². The smallest absolute Gasteiger partial charge is 0.102 e. The summed E-state index contributed by atoms with van der Waals surface area (Å²) in [6.07, 6.45) is 3.50. The summed E-state index contributed by atoms with van der Waals surface area (Å²) in [5.41, 5.74) is 1.02. The summed E-state index contributed by atoms with van der Waals surface area (Å²) >= 11 is 0. The largest absolute Gasteiger partial charge is 0.308 e. The van der Waals surface area contributed by atoms with Crippen LogP contribution in [0.15, 0.2) is 24.4 Å².